The van der Waals surface area contributed by atoms with Crippen LogP contribution in [0, 0.1) is 6.92 Å². The number of benzene rings is 1. The highest BCUT2D eigenvalue weighted by molar-refractivity contribution is 7.89. The second-order valence-corrected chi connectivity index (χ2v) is 6.81. The first-order chi connectivity index (χ1) is 8.35. The van der Waals surface area contributed by atoms with E-state index in [0.717, 1.165) is 11.3 Å². The highest BCUT2D eigenvalue weighted by Gasteiger charge is 2.70. The number of allylic oxidation sites excluding steroid dienone is 1. The smallest absolute Gasteiger partial charge is 0.247 e. The highest BCUT2D eigenvalue weighted by Crippen LogP contribution is 2.52. The van der Waals surface area contributed by atoms with E-state index >= 15 is 0 Å². The largest absolute Gasteiger partial charge is 0.475 e. The van der Waals surface area contributed by atoms with Gasteiger partial charge in [-0.1, -0.05) is 17.7 Å². The van der Waals surface area contributed by atoms with Gasteiger partial charge in [-0.3, -0.25) is 0 Å². The van der Waals surface area contributed by atoms with E-state index in [1.165, 1.54) is 4.31 Å². The van der Waals surface area contributed by atoms with Crippen LogP contribution in [0.25, 0.3) is 0 Å². The maximum atomic E-state index is 12.4. The number of hydrogen-bond acceptors (Lipinski definition) is 3. The Morgan fingerprint density at radius 2 is 1.83 bits per heavy atom. The van der Waals surface area contributed by atoms with Gasteiger partial charge in [0.2, 0.25) is 10.0 Å². The van der Waals surface area contributed by atoms with E-state index in [4.69, 9.17) is 4.74 Å². The molecule has 3 unspecified atom stereocenters. The molecule has 18 heavy (non-hydrogen) atoms. The second-order valence-electron chi connectivity index (χ2n) is 4.99. The lowest BCUT2D eigenvalue weighted by molar-refractivity contribution is 0.0915. The normalized spacial score (nSPS) is 33.6. The minimum atomic E-state index is -3.46. The van der Waals surface area contributed by atoms with Crippen LogP contribution in [-0.4, -0.2) is 24.5 Å². The molecule has 0 N–H and O–H groups in total. The van der Waals surface area contributed by atoms with Crippen LogP contribution in [0.3, 0.4) is 0 Å². The standard InChI is InChI=1S/C13H15NO3S/c1-9-4-6-11(7-5-9)18(15,16)14-12-8-10(2)17-13(12,14)3/h4-8,12H,1-3H3. The van der Waals surface area contributed by atoms with Crippen molar-refractivity contribution < 1.29 is 13.2 Å². The molecule has 2 heterocycles. The molecule has 2 aliphatic heterocycles. The fourth-order valence-electron chi connectivity index (χ4n) is 2.49. The lowest BCUT2D eigenvalue weighted by Gasteiger charge is -2.14. The molecule has 1 saturated heterocycles. The predicted octanol–water partition coefficient (Wildman–Crippen LogP) is 2.02. The van der Waals surface area contributed by atoms with E-state index in [2.05, 4.69) is 0 Å². The van der Waals surface area contributed by atoms with Crippen molar-refractivity contribution in [2.75, 3.05) is 0 Å². The first-order valence-corrected chi connectivity index (χ1v) is 7.28. The van der Waals surface area contributed by atoms with E-state index in [0.29, 0.717) is 4.90 Å². The molecule has 0 saturated carbocycles. The Hall–Kier alpha value is -1.33. The number of sulfonamides is 1. The number of ether oxygens (including phenoxy) is 1. The molecule has 0 aromatic heterocycles. The molecule has 0 aliphatic carbocycles. The van der Waals surface area contributed by atoms with Gasteiger partial charge in [0.25, 0.3) is 0 Å². The summed E-state index contributed by atoms with van der Waals surface area (Å²) in [5.74, 6) is 0.790. The second kappa shape index (κ2) is 3.36. The third-order valence-corrected chi connectivity index (χ3v) is 5.48. The Balaban J connectivity index is 1.97. The molecule has 96 valence electrons. The van der Waals surface area contributed by atoms with E-state index in [9.17, 15) is 8.42 Å². The Morgan fingerprint density at radius 1 is 1.22 bits per heavy atom. The van der Waals surface area contributed by atoms with Crippen molar-refractivity contribution in [3.8, 4) is 0 Å². The lowest BCUT2D eigenvalue weighted by atomic mass is 10.2. The minimum Gasteiger partial charge on any atom is -0.475 e. The summed E-state index contributed by atoms with van der Waals surface area (Å²) < 4.78 is 31.9. The van der Waals surface area contributed by atoms with Crippen molar-refractivity contribution >= 4 is 10.0 Å². The summed E-state index contributed by atoms with van der Waals surface area (Å²) in [6.07, 6.45) is 1.85. The van der Waals surface area contributed by atoms with Crippen molar-refractivity contribution in [2.24, 2.45) is 0 Å². The number of rotatable bonds is 2. The summed E-state index contributed by atoms with van der Waals surface area (Å²) in [4.78, 5) is 0.318. The lowest BCUT2D eigenvalue weighted by Crippen LogP contribution is -2.23. The van der Waals surface area contributed by atoms with Gasteiger partial charge >= 0.3 is 0 Å². The molecule has 4 nitrogen and oxygen atoms in total. The molecule has 0 amide bonds. The third kappa shape index (κ3) is 1.44. The molecule has 1 aromatic rings. The average molecular weight is 265 g/mol. The van der Waals surface area contributed by atoms with Crippen molar-refractivity contribution in [3.05, 3.63) is 41.7 Å². The quantitative estimate of drug-likeness (QED) is 0.769. The van der Waals surface area contributed by atoms with Crippen molar-refractivity contribution in [3.63, 3.8) is 0 Å². The van der Waals surface area contributed by atoms with Gasteiger partial charge in [-0.05, 0) is 39.0 Å². The van der Waals surface area contributed by atoms with E-state index in [-0.39, 0.29) is 6.04 Å². The minimum absolute atomic E-state index is 0.163. The summed E-state index contributed by atoms with van der Waals surface area (Å²) in [5, 5.41) is 0. The number of aryl methyl sites for hydroxylation is 1. The fourth-order valence-corrected chi connectivity index (χ4v) is 4.33. The van der Waals surface area contributed by atoms with Crippen LogP contribution in [0.15, 0.2) is 41.0 Å². The average Bonchev–Trinajstić information content (AvgIpc) is 2.71. The summed E-state index contributed by atoms with van der Waals surface area (Å²) >= 11 is 0. The molecule has 2 aliphatic rings. The Kier molecular flexibility index (Phi) is 2.19. The van der Waals surface area contributed by atoms with Crippen LogP contribution >= 0.6 is 0 Å². The molecule has 3 rings (SSSR count). The molecule has 5 heteroatoms. The van der Waals surface area contributed by atoms with Gasteiger partial charge in [-0.15, -0.1) is 4.31 Å². The zero-order valence-electron chi connectivity index (χ0n) is 10.5. The first kappa shape index (κ1) is 11.7. The maximum absolute atomic E-state index is 12.4. The van der Waals surface area contributed by atoms with Crippen LogP contribution in [0.2, 0.25) is 0 Å². The SMILES string of the molecule is CC1=CC2N(S(=O)(=O)c3ccc(C)cc3)C2(C)O1. The molecule has 1 fully saturated rings. The summed E-state index contributed by atoms with van der Waals surface area (Å²) in [6, 6.07) is 6.72. The zero-order valence-corrected chi connectivity index (χ0v) is 11.4. The summed E-state index contributed by atoms with van der Waals surface area (Å²) in [5.41, 5.74) is 0.325. The van der Waals surface area contributed by atoms with Crippen molar-refractivity contribution in [2.45, 2.75) is 37.4 Å². The van der Waals surface area contributed by atoms with Gasteiger partial charge in [0.15, 0.2) is 5.72 Å². The van der Waals surface area contributed by atoms with Crippen LogP contribution in [-0.2, 0) is 14.8 Å². The molecule has 0 spiro atoms. The van der Waals surface area contributed by atoms with Gasteiger partial charge < -0.3 is 4.74 Å². The summed E-state index contributed by atoms with van der Waals surface area (Å²) in [7, 11) is -3.46. The van der Waals surface area contributed by atoms with Crippen molar-refractivity contribution in [1.29, 1.82) is 0 Å². The van der Waals surface area contributed by atoms with E-state index < -0.39 is 15.7 Å². The predicted molar refractivity (Wildman–Crippen MR) is 67.2 cm³/mol. The van der Waals surface area contributed by atoms with Gasteiger partial charge in [0.1, 0.15) is 6.04 Å². The Labute approximate surface area is 107 Å². The van der Waals surface area contributed by atoms with Crippen molar-refractivity contribution in [1.82, 2.24) is 4.31 Å². The maximum Gasteiger partial charge on any atom is 0.247 e. The van der Waals surface area contributed by atoms with Gasteiger partial charge in [-0.25, -0.2) is 8.42 Å². The van der Waals surface area contributed by atoms with Crippen LogP contribution in [0.4, 0.5) is 0 Å². The van der Waals surface area contributed by atoms with E-state index in [1.54, 1.807) is 31.2 Å². The molecule has 0 bridgehead atoms. The fraction of sp³-hybridized carbons (Fsp3) is 0.385. The monoisotopic (exact) mass is 265 g/mol. The topological polar surface area (TPSA) is 46.4 Å². The van der Waals surface area contributed by atoms with E-state index in [1.807, 2.05) is 19.9 Å². The highest BCUT2D eigenvalue weighted by atomic mass is 32.2. The van der Waals surface area contributed by atoms with Crippen LogP contribution < -0.4 is 0 Å². The Morgan fingerprint density at radius 3 is 2.33 bits per heavy atom. The molecular weight excluding hydrogens is 250 g/mol. The Bertz CT molecular complexity index is 633. The number of fused-ring (bicyclic) bond motifs is 1. The molecule has 0 radical (unpaired) electrons. The van der Waals surface area contributed by atoms with Crippen LogP contribution in [0.5, 0.6) is 0 Å². The molecule has 3 atom stereocenters. The number of hydrogen-bond donors (Lipinski definition) is 0. The molecule has 1 aromatic carbocycles. The van der Waals surface area contributed by atoms with Gasteiger partial charge in [-0.2, -0.15) is 0 Å². The summed E-state index contributed by atoms with van der Waals surface area (Å²) in [6.45, 7) is 5.57. The third-order valence-electron chi connectivity index (χ3n) is 3.51. The first-order valence-electron chi connectivity index (χ1n) is 5.84. The number of nitrogens with zero attached hydrogens (tertiary/aromatic N) is 1. The molecular formula is C13H15NO3S. The zero-order chi connectivity index (χ0) is 13.1. The van der Waals surface area contributed by atoms with Crippen LogP contribution in [0.1, 0.15) is 19.4 Å². The van der Waals surface area contributed by atoms with Gasteiger partial charge in [0, 0.05) is 0 Å². The van der Waals surface area contributed by atoms with Gasteiger partial charge in [0.05, 0.1) is 10.7 Å².